The van der Waals surface area contributed by atoms with Gasteiger partial charge in [0.15, 0.2) is 0 Å². The smallest absolute Gasteiger partial charge is 0.345 e. The zero-order chi connectivity index (χ0) is 11.8. The minimum atomic E-state index is -0.503. The highest BCUT2D eigenvalue weighted by molar-refractivity contribution is 7.03. The van der Waals surface area contributed by atoms with Crippen LogP contribution in [0.5, 0.6) is 0 Å². The molecule has 0 amide bonds. The van der Waals surface area contributed by atoms with Crippen molar-refractivity contribution in [3.05, 3.63) is 45.9 Å². The third-order valence-corrected chi connectivity index (χ3v) is 2.83. The first-order chi connectivity index (χ1) is 8.24. The van der Waals surface area contributed by atoms with Crippen molar-refractivity contribution in [2.75, 3.05) is 0 Å². The van der Waals surface area contributed by atoms with E-state index in [1.54, 1.807) is 11.4 Å². The molecule has 3 aromatic rings. The summed E-state index contributed by atoms with van der Waals surface area (Å²) in [4.78, 5) is 11.7. The predicted octanol–water partition coefficient (Wildman–Crippen LogP) is 2.45. The van der Waals surface area contributed by atoms with Crippen molar-refractivity contribution in [1.29, 1.82) is 0 Å². The fourth-order valence-electron chi connectivity index (χ4n) is 1.55. The second-order valence-corrected chi connectivity index (χ2v) is 4.03. The normalized spacial score (nSPS) is 10.9. The number of rotatable bonds is 1. The van der Waals surface area contributed by atoms with Gasteiger partial charge in [0.2, 0.25) is 0 Å². The number of nitrogens with zero attached hydrogens (tertiary/aromatic N) is 2. The van der Waals surface area contributed by atoms with Crippen LogP contribution < -0.4 is 5.63 Å². The molecule has 2 aromatic heterocycles. The molecule has 0 unspecified atom stereocenters. The van der Waals surface area contributed by atoms with Crippen molar-refractivity contribution in [3.63, 3.8) is 0 Å². The number of hydrogen-bond acceptors (Lipinski definition) is 5. The SMILES string of the molecule is O=c1oc2ccc(F)cc2cc1-c1csnn1. The molecule has 4 nitrogen and oxygen atoms in total. The van der Waals surface area contributed by atoms with Crippen LogP contribution in [-0.2, 0) is 0 Å². The van der Waals surface area contributed by atoms with Crippen molar-refractivity contribution < 1.29 is 8.81 Å². The van der Waals surface area contributed by atoms with Gasteiger partial charge in [0.1, 0.15) is 17.1 Å². The maximum atomic E-state index is 13.1. The molecule has 0 saturated heterocycles. The van der Waals surface area contributed by atoms with E-state index in [0.29, 0.717) is 16.7 Å². The van der Waals surface area contributed by atoms with Crippen LogP contribution in [0.15, 0.2) is 38.9 Å². The second-order valence-electron chi connectivity index (χ2n) is 3.42. The highest BCUT2D eigenvalue weighted by Crippen LogP contribution is 2.20. The summed E-state index contributed by atoms with van der Waals surface area (Å²) in [6.45, 7) is 0. The summed E-state index contributed by atoms with van der Waals surface area (Å²) in [6.07, 6.45) is 0. The van der Waals surface area contributed by atoms with Gasteiger partial charge in [0.25, 0.3) is 0 Å². The van der Waals surface area contributed by atoms with Gasteiger partial charge in [-0.15, -0.1) is 5.10 Å². The van der Waals surface area contributed by atoms with Crippen molar-refractivity contribution in [1.82, 2.24) is 9.59 Å². The van der Waals surface area contributed by atoms with Gasteiger partial charge in [-0.2, -0.15) is 0 Å². The molecule has 6 heteroatoms. The summed E-state index contributed by atoms with van der Waals surface area (Å²) < 4.78 is 21.8. The minimum Gasteiger partial charge on any atom is -0.422 e. The Balaban J connectivity index is 2.33. The summed E-state index contributed by atoms with van der Waals surface area (Å²) in [5.41, 5.74) is 0.576. The van der Waals surface area contributed by atoms with Crippen molar-refractivity contribution >= 4 is 22.5 Å². The molecule has 0 N–H and O–H groups in total. The summed E-state index contributed by atoms with van der Waals surface area (Å²) in [6, 6.07) is 5.53. The van der Waals surface area contributed by atoms with Crippen molar-refractivity contribution in [2.45, 2.75) is 0 Å². The van der Waals surface area contributed by atoms with Crippen LogP contribution >= 0.6 is 11.5 Å². The maximum Gasteiger partial charge on any atom is 0.345 e. The van der Waals surface area contributed by atoms with Crippen LogP contribution in [0.2, 0.25) is 0 Å². The maximum absolute atomic E-state index is 13.1. The summed E-state index contributed by atoms with van der Waals surface area (Å²) in [5, 5.41) is 5.95. The summed E-state index contributed by atoms with van der Waals surface area (Å²) in [7, 11) is 0. The number of hydrogen-bond donors (Lipinski definition) is 0. The molecule has 0 aliphatic heterocycles. The Hall–Kier alpha value is -2.08. The lowest BCUT2D eigenvalue weighted by Crippen LogP contribution is -2.02. The molecule has 0 saturated carbocycles. The number of benzene rings is 1. The highest BCUT2D eigenvalue weighted by atomic mass is 32.1. The fourth-order valence-corrected chi connectivity index (χ4v) is 2.01. The number of aromatic nitrogens is 2. The molecular weight excluding hydrogens is 243 g/mol. The lowest BCUT2D eigenvalue weighted by atomic mass is 10.1. The van der Waals surface area contributed by atoms with Gasteiger partial charge in [-0.25, -0.2) is 9.18 Å². The third-order valence-electron chi connectivity index (χ3n) is 2.33. The Morgan fingerprint density at radius 1 is 1.29 bits per heavy atom. The number of halogens is 1. The molecule has 0 fully saturated rings. The van der Waals surface area contributed by atoms with Gasteiger partial charge in [-0.05, 0) is 35.8 Å². The molecule has 84 valence electrons. The molecule has 2 heterocycles. The lowest BCUT2D eigenvalue weighted by Gasteiger charge is -1.99. The van der Waals surface area contributed by atoms with E-state index in [1.807, 2.05) is 0 Å². The van der Waals surface area contributed by atoms with Crippen molar-refractivity contribution in [3.8, 4) is 11.3 Å². The van der Waals surface area contributed by atoms with Gasteiger partial charge >= 0.3 is 5.63 Å². The highest BCUT2D eigenvalue weighted by Gasteiger charge is 2.10. The van der Waals surface area contributed by atoms with E-state index in [-0.39, 0.29) is 11.4 Å². The van der Waals surface area contributed by atoms with Gasteiger partial charge in [0.05, 0.1) is 5.56 Å². The van der Waals surface area contributed by atoms with Crippen molar-refractivity contribution in [2.24, 2.45) is 0 Å². The molecule has 0 radical (unpaired) electrons. The van der Waals surface area contributed by atoms with E-state index in [4.69, 9.17) is 4.42 Å². The van der Waals surface area contributed by atoms with E-state index < -0.39 is 5.63 Å². The Kier molecular flexibility index (Phi) is 2.22. The quantitative estimate of drug-likeness (QED) is 0.621. The van der Waals surface area contributed by atoms with Gasteiger partial charge in [-0.3, -0.25) is 0 Å². The van der Waals surface area contributed by atoms with E-state index in [1.165, 1.54) is 18.2 Å². The molecule has 17 heavy (non-hydrogen) atoms. The average Bonchev–Trinajstić information content (AvgIpc) is 2.82. The molecule has 3 rings (SSSR count). The fraction of sp³-hybridized carbons (Fsp3) is 0. The van der Waals surface area contributed by atoms with Gasteiger partial charge in [-0.1, -0.05) is 4.49 Å². The molecule has 1 aromatic carbocycles. The third kappa shape index (κ3) is 1.72. The van der Waals surface area contributed by atoms with Crippen LogP contribution in [0, 0.1) is 5.82 Å². The predicted molar refractivity (Wildman–Crippen MR) is 61.3 cm³/mol. The Morgan fingerprint density at radius 3 is 2.94 bits per heavy atom. The van der Waals surface area contributed by atoms with E-state index in [0.717, 1.165) is 11.5 Å². The summed E-state index contributed by atoms with van der Waals surface area (Å²) in [5.74, 6) is -0.381. The van der Waals surface area contributed by atoms with E-state index in [9.17, 15) is 9.18 Å². The Labute approximate surface area is 98.5 Å². The Morgan fingerprint density at radius 2 is 2.18 bits per heavy atom. The first-order valence-electron chi connectivity index (χ1n) is 4.75. The van der Waals surface area contributed by atoms with Crippen LogP contribution in [0.25, 0.3) is 22.2 Å². The van der Waals surface area contributed by atoms with Gasteiger partial charge in [0, 0.05) is 10.8 Å². The number of fused-ring (bicyclic) bond motifs is 1. The average molecular weight is 248 g/mol. The van der Waals surface area contributed by atoms with Crippen LogP contribution in [0.3, 0.4) is 0 Å². The topological polar surface area (TPSA) is 56.0 Å². The van der Waals surface area contributed by atoms with E-state index >= 15 is 0 Å². The van der Waals surface area contributed by atoms with Gasteiger partial charge < -0.3 is 4.42 Å². The second kappa shape index (κ2) is 3.74. The molecular formula is C11H5FN2O2S. The molecule has 0 aliphatic rings. The monoisotopic (exact) mass is 248 g/mol. The summed E-state index contributed by atoms with van der Waals surface area (Å²) >= 11 is 1.14. The zero-order valence-corrected chi connectivity index (χ0v) is 9.20. The lowest BCUT2D eigenvalue weighted by molar-refractivity contribution is 0.560. The first kappa shape index (κ1) is 10.1. The molecule has 0 bridgehead atoms. The first-order valence-corrected chi connectivity index (χ1v) is 5.58. The van der Waals surface area contributed by atoms with Crippen LogP contribution in [0.1, 0.15) is 0 Å². The Bertz CT molecular complexity index is 737. The molecule has 0 atom stereocenters. The van der Waals surface area contributed by atoms with E-state index in [2.05, 4.69) is 9.59 Å². The minimum absolute atomic E-state index is 0.289. The van der Waals surface area contributed by atoms with Crippen LogP contribution in [0.4, 0.5) is 4.39 Å². The molecule has 0 aliphatic carbocycles. The molecule has 0 spiro atoms. The standard InChI is InChI=1S/C11H5FN2O2S/c12-7-1-2-10-6(3-7)4-8(11(15)16-10)9-5-17-14-13-9/h1-5H. The van der Waals surface area contributed by atoms with Crippen LogP contribution in [-0.4, -0.2) is 9.59 Å². The zero-order valence-electron chi connectivity index (χ0n) is 8.38. The largest absolute Gasteiger partial charge is 0.422 e.